The van der Waals surface area contributed by atoms with Crippen LogP contribution in [0.15, 0.2) is 42.5 Å². The summed E-state index contributed by atoms with van der Waals surface area (Å²) in [7, 11) is 0. The van der Waals surface area contributed by atoms with Gasteiger partial charge in [0, 0.05) is 5.56 Å². The molecule has 0 aliphatic rings. The third-order valence-corrected chi connectivity index (χ3v) is 2.34. The number of carbonyl (C=O) groups excluding carboxylic acids is 1. The number of carbonyl (C=O) groups is 1. The minimum atomic E-state index is -0.210. The van der Waals surface area contributed by atoms with E-state index in [0.29, 0.717) is 12.2 Å². The van der Waals surface area contributed by atoms with E-state index in [-0.39, 0.29) is 5.91 Å². The first-order valence-electron chi connectivity index (χ1n) is 5.23. The van der Waals surface area contributed by atoms with E-state index >= 15 is 0 Å². The van der Waals surface area contributed by atoms with Gasteiger partial charge < -0.3 is 0 Å². The Hall–Kier alpha value is -1.87. The van der Waals surface area contributed by atoms with Crippen molar-refractivity contribution < 1.29 is 9.63 Å². The third kappa shape index (κ3) is 2.04. The van der Waals surface area contributed by atoms with Crippen molar-refractivity contribution in [1.29, 1.82) is 0 Å². The number of fused-ring (bicyclic) bond motifs is 1. The van der Waals surface area contributed by atoms with Gasteiger partial charge in [0.1, 0.15) is 0 Å². The van der Waals surface area contributed by atoms with Crippen LogP contribution in [0.4, 0.5) is 0 Å². The zero-order valence-electron chi connectivity index (χ0n) is 9.07. The number of hydrogen-bond donors (Lipinski definition) is 1. The van der Waals surface area contributed by atoms with Crippen molar-refractivity contribution >= 4 is 16.7 Å². The van der Waals surface area contributed by atoms with Crippen molar-refractivity contribution in [3.05, 3.63) is 48.0 Å². The summed E-state index contributed by atoms with van der Waals surface area (Å²) in [6.45, 7) is 2.28. The predicted molar refractivity (Wildman–Crippen MR) is 63.0 cm³/mol. The van der Waals surface area contributed by atoms with Gasteiger partial charge in [0.15, 0.2) is 0 Å². The van der Waals surface area contributed by atoms with Gasteiger partial charge in [-0.25, -0.2) is 5.48 Å². The van der Waals surface area contributed by atoms with Crippen molar-refractivity contribution in [2.45, 2.75) is 6.92 Å². The molecule has 0 aromatic heterocycles. The molecular weight excluding hydrogens is 202 g/mol. The Morgan fingerprint density at radius 3 is 2.75 bits per heavy atom. The minimum absolute atomic E-state index is 0.210. The summed E-state index contributed by atoms with van der Waals surface area (Å²) < 4.78 is 0. The van der Waals surface area contributed by atoms with Gasteiger partial charge >= 0.3 is 0 Å². The molecule has 0 saturated carbocycles. The summed E-state index contributed by atoms with van der Waals surface area (Å²) in [5.41, 5.74) is 3.03. The lowest BCUT2D eigenvalue weighted by Gasteiger charge is -2.06. The highest BCUT2D eigenvalue weighted by molar-refractivity contribution is 6.06. The maximum absolute atomic E-state index is 11.8. The smallest absolute Gasteiger partial charge is 0.274 e. The largest absolute Gasteiger partial charge is 0.275 e. The average Bonchev–Trinajstić information content (AvgIpc) is 2.35. The van der Waals surface area contributed by atoms with Gasteiger partial charge in [0.25, 0.3) is 5.91 Å². The Morgan fingerprint density at radius 1 is 1.19 bits per heavy atom. The standard InChI is InChI=1S/C13H13NO2/c1-2-16-14-13(15)12-9-5-7-10-6-3-4-8-11(10)12/h3-9H,2H2,1H3,(H,14,15). The Bertz CT molecular complexity index is 503. The number of amides is 1. The third-order valence-electron chi connectivity index (χ3n) is 2.34. The van der Waals surface area contributed by atoms with Crippen LogP contribution < -0.4 is 5.48 Å². The quantitative estimate of drug-likeness (QED) is 0.799. The lowest BCUT2D eigenvalue weighted by molar-refractivity contribution is 0.0366. The Balaban J connectivity index is 2.40. The molecule has 2 aromatic carbocycles. The van der Waals surface area contributed by atoms with Crippen LogP contribution in [0.3, 0.4) is 0 Å². The summed E-state index contributed by atoms with van der Waals surface area (Å²) in [6.07, 6.45) is 0. The van der Waals surface area contributed by atoms with E-state index in [9.17, 15) is 4.79 Å². The number of rotatable bonds is 3. The molecule has 3 nitrogen and oxygen atoms in total. The number of benzene rings is 2. The number of hydroxylamine groups is 1. The molecule has 1 N–H and O–H groups in total. The second-order valence-electron chi connectivity index (χ2n) is 3.39. The fourth-order valence-electron chi connectivity index (χ4n) is 1.62. The maximum atomic E-state index is 11.8. The van der Waals surface area contributed by atoms with E-state index in [1.165, 1.54) is 0 Å². The van der Waals surface area contributed by atoms with Gasteiger partial charge in [0.05, 0.1) is 6.61 Å². The molecule has 0 aliphatic carbocycles. The molecule has 0 saturated heterocycles. The van der Waals surface area contributed by atoms with Crippen LogP contribution in [0.2, 0.25) is 0 Å². The molecule has 2 aromatic rings. The van der Waals surface area contributed by atoms with Crippen molar-refractivity contribution in [3.8, 4) is 0 Å². The van der Waals surface area contributed by atoms with Crippen LogP contribution >= 0.6 is 0 Å². The van der Waals surface area contributed by atoms with Gasteiger partial charge in [-0.15, -0.1) is 0 Å². The molecule has 1 amide bonds. The molecule has 0 atom stereocenters. The molecule has 0 radical (unpaired) electrons. The summed E-state index contributed by atoms with van der Waals surface area (Å²) in [5.74, 6) is -0.210. The first-order chi connectivity index (χ1) is 7.83. The van der Waals surface area contributed by atoms with Crippen LogP contribution in [-0.2, 0) is 4.84 Å². The molecule has 0 fully saturated rings. The molecule has 0 spiro atoms. The highest BCUT2D eigenvalue weighted by Crippen LogP contribution is 2.18. The Morgan fingerprint density at radius 2 is 1.94 bits per heavy atom. The second-order valence-corrected chi connectivity index (χ2v) is 3.39. The van der Waals surface area contributed by atoms with Crippen molar-refractivity contribution in [3.63, 3.8) is 0 Å². The second kappa shape index (κ2) is 4.77. The van der Waals surface area contributed by atoms with Crippen molar-refractivity contribution in [1.82, 2.24) is 5.48 Å². The molecule has 0 bridgehead atoms. The van der Waals surface area contributed by atoms with Crippen LogP contribution in [0.25, 0.3) is 10.8 Å². The lowest BCUT2D eigenvalue weighted by Crippen LogP contribution is -2.23. The Kier molecular flexibility index (Phi) is 3.17. The van der Waals surface area contributed by atoms with E-state index < -0.39 is 0 Å². The first kappa shape index (κ1) is 10.6. The molecular formula is C13H13NO2. The summed E-state index contributed by atoms with van der Waals surface area (Å²) in [4.78, 5) is 16.7. The fraction of sp³-hybridized carbons (Fsp3) is 0.154. The van der Waals surface area contributed by atoms with Crippen LogP contribution in [0.1, 0.15) is 17.3 Å². The topological polar surface area (TPSA) is 38.3 Å². The molecule has 82 valence electrons. The van der Waals surface area contributed by atoms with Crippen LogP contribution in [0, 0.1) is 0 Å². The van der Waals surface area contributed by atoms with Crippen molar-refractivity contribution in [2.24, 2.45) is 0 Å². The lowest BCUT2D eigenvalue weighted by atomic mass is 10.0. The maximum Gasteiger partial charge on any atom is 0.275 e. The summed E-state index contributed by atoms with van der Waals surface area (Å²) in [5, 5.41) is 1.98. The van der Waals surface area contributed by atoms with E-state index in [1.807, 2.05) is 43.3 Å². The van der Waals surface area contributed by atoms with Gasteiger partial charge in [-0.2, -0.15) is 0 Å². The monoisotopic (exact) mass is 215 g/mol. The SMILES string of the molecule is CCONC(=O)c1cccc2ccccc12. The highest BCUT2D eigenvalue weighted by Gasteiger charge is 2.08. The minimum Gasteiger partial charge on any atom is -0.274 e. The molecule has 0 heterocycles. The van der Waals surface area contributed by atoms with E-state index in [4.69, 9.17) is 4.84 Å². The molecule has 3 heteroatoms. The average molecular weight is 215 g/mol. The zero-order chi connectivity index (χ0) is 11.4. The van der Waals surface area contributed by atoms with Gasteiger partial charge in [-0.1, -0.05) is 36.4 Å². The van der Waals surface area contributed by atoms with E-state index in [2.05, 4.69) is 5.48 Å². The highest BCUT2D eigenvalue weighted by atomic mass is 16.6. The number of nitrogens with one attached hydrogen (secondary N) is 1. The summed E-state index contributed by atoms with van der Waals surface area (Å²) in [6, 6.07) is 13.4. The van der Waals surface area contributed by atoms with E-state index in [0.717, 1.165) is 10.8 Å². The van der Waals surface area contributed by atoms with Gasteiger partial charge in [-0.3, -0.25) is 9.63 Å². The number of hydrogen-bond acceptors (Lipinski definition) is 2. The fourth-order valence-corrected chi connectivity index (χ4v) is 1.62. The normalized spacial score (nSPS) is 10.3. The predicted octanol–water partition coefficient (Wildman–Crippen LogP) is 2.52. The first-order valence-corrected chi connectivity index (χ1v) is 5.23. The van der Waals surface area contributed by atoms with Gasteiger partial charge in [0.2, 0.25) is 0 Å². The van der Waals surface area contributed by atoms with Crippen LogP contribution in [0.5, 0.6) is 0 Å². The zero-order valence-corrected chi connectivity index (χ0v) is 9.07. The van der Waals surface area contributed by atoms with E-state index in [1.54, 1.807) is 6.07 Å². The Labute approximate surface area is 94.0 Å². The van der Waals surface area contributed by atoms with Gasteiger partial charge in [-0.05, 0) is 23.8 Å². The molecule has 0 aliphatic heterocycles. The molecule has 16 heavy (non-hydrogen) atoms. The summed E-state index contributed by atoms with van der Waals surface area (Å²) >= 11 is 0. The van der Waals surface area contributed by atoms with Crippen molar-refractivity contribution in [2.75, 3.05) is 6.61 Å². The van der Waals surface area contributed by atoms with Crippen LogP contribution in [-0.4, -0.2) is 12.5 Å². The molecule has 0 unspecified atom stereocenters. The molecule has 2 rings (SSSR count).